The predicted octanol–water partition coefficient (Wildman–Crippen LogP) is 2.59. The van der Waals surface area contributed by atoms with E-state index in [1.54, 1.807) is 38.3 Å². The maximum Gasteiger partial charge on any atom is 0.360 e. The summed E-state index contributed by atoms with van der Waals surface area (Å²) in [5.41, 5.74) is 0.929. The third-order valence-electron chi connectivity index (χ3n) is 3.11. The smallest absolute Gasteiger partial charge is 0.360 e. The number of carbonyl (C=O) groups excluding carboxylic acids is 1. The molecule has 0 aliphatic rings. The lowest BCUT2D eigenvalue weighted by molar-refractivity contribution is 0.0484. The Hall–Kier alpha value is -2.34. The monoisotopic (exact) mass is 305 g/mol. The highest BCUT2D eigenvalue weighted by Crippen LogP contribution is 2.24. The quantitative estimate of drug-likeness (QED) is 0.625. The van der Waals surface area contributed by atoms with Gasteiger partial charge < -0.3 is 19.0 Å². The molecule has 0 spiro atoms. The fourth-order valence-corrected chi connectivity index (χ4v) is 1.89. The van der Waals surface area contributed by atoms with E-state index in [0.29, 0.717) is 24.5 Å². The van der Waals surface area contributed by atoms with Gasteiger partial charge in [-0.15, -0.1) is 0 Å². The molecule has 1 heterocycles. The Bertz CT molecular complexity index is 618. The maximum atomic E-state index is 11.9. The first kappa shape index (κ1) is 16.0. The molecule has 0 aliphatic carbocycles. The second kappa shape index (κ2) is 7.61. The van der Waals surface area contributed by atoms with Crippen molar-refractivity contribution in [2.45, 2.75) is 19.8 Å². The first-order valence-electron chi connectivity index (χ1n) is 7.05. The lowest BCUT2D eigenvalue weighted by Gasteiger charge is -2.01. The lowest BCUT2D eigenvalue weighted by atomic mass is 10.2. The second-order valence-corrected chi connectivity index (χ2v) is 4.72. The van der Waals surface area contributed by atoms with Crippen molar-refractivity contribution in [1.29, 1.82) is 0 Å². The van der Waals surface area contributed by atoms with Gasteiger partial charge in [0.25, 0.3) is 0 Å². The summed E-state index contributed by atoms with van der Waals surface area (Å²) in [6.45, 7) is 2.01. The van der Waals surface area contributed by atoms with E-state index in [4.69, 9.17) is 19.0 Å². The number of hydrogen-bond acceptors (Lipinski definition) is 6. The molecule has 6 nitrogen and oxygen atoms in total. The Morgan fingerprint density at radius 2 is 2.00 bits per heavy atom. The summed E-state index contributed by atoms with van der Waals surface area (Å²) >= 11 is 0. The average molecular weight is 305 g/mol. The van der Waals surface area contributed by atoms with Crippen LogP contribution in [-0.2, 0) is 4.74 Å². The van der Waals surface area contributed by atoms with E-state index in [2.05, 4.69) is 4.98 Å². The molecule has 1 aromatic heterocycles. The number of nitrogens with zero attached hydrogens (tertiary/aromatic N) is 1. The van der Waals surface area contributed by atoms with Gasteiger partial charge in [0.15, 0.2) is 5.69 Å². The van der Waals surface area contributed by atoms with Crippen LogP contribution in [0.5, 0.6) is 5.75 Å². The van der Waals surface area contributed by atoms with Crippen LogP contribution in [0.25, 0.3) is 11.5 Å². The van der Waals surface area contributed by atoms with Gasteiger partial charge in [0, 0.05) is 12.2 Å². The minimum Gasteiger partial charge on any atom is -0.497 e. The topological polar surface area (TPSA) is 81.8 Å². The highest BCUT2D eigenvalue weighted by atomic mass is 16.5. The average Bonchev–Trinajstić information content (AvgIpc) is 2.93. The Labute approximate surface area is 128 Å². The van der Waals surface area contributed by atoms with E-state index in [1.807, 2.05) is 0 Å². The Morgan fingerprint density at radius 3 is 2.64 bits per heavy atom. The van der Waals surface area contributed by atoms with Gasteiger partial charge in [-0.25, -0.2) is 9.78 Å². The number of hydrogen-bond donors (Lipinski definition) is 1. The minimum absolute atomic E-state index is 0.0855. The summed E-state index contributed by atoms with van der Waals surface area (Å²) in [6.07, 6.45) is 1.21. The molecule has 118 valence electrons. The number of methoxy groups -OCH3 is 1. The van der Waals surface area contributed by atoms with Crippen molar-refractivity contribution in [2.24, 2.45) is 0 Å². The van der Waals surface area contributed by atoms with Crippen molar-refractivity contribution in [2.75, 3.05) is 20.3 Å². The van der Waals surface area contributed by atoms with Crippen LogP contribution in [0.3, 0.4) is 0 Å². The SMILES string of the molecule is COc1ccc(-c2nc(C(=O)OCCCCO)c(C)o2)cc1. The minimum atomic E-state index is -0.515. The number of carbonyl (C=O) groups is 1. The summed E-state index contributed by atoms with van der Waals surface area (Å²) in [4.78, 5) is 16.1. The molecule has 0 aliphatic heterocycles. The largest absolute Gasteiger partial charge is 0.497 e. The summed E-state index contributed by atoms with van der Waals surface area (Å²) in [5, 5.41) is 8.68. The molecule has 0 bridgehead atoms. The Balaban J connectivity index is 2.08. The fraction of sp³-hybridized carbons (Fsp3) is 0.375. The van der Waals surface area contributed by atoms with Crippen LogP contribution >= 0.6 is 0 Å². The molecule has 22 heavy (non-hydrogen) atoms. The molecule has 1 aromatic carbocycles. The highest BCUT2D eigenvalue weighted by molar-refractivity contribution is 5.88. The first-order chi connectivity index (χ1) is 10.7. The summed E-state index contributed by atoms with van der Waals surface area (Å²) < 4.78 is 15.7. The molecule has 0 atom stereocenters. The first-order valence-corrected chi connectivity index (χ1v) is 7.05. The lowest BCUT2D eigenvalue weighted by Crippen LogP contribution is -2.08. The second-order valence-electron chi connectivity index (χ2n) is 4.72. The van der Waals surface area contributed by atoms with Crippen molar-refractivity contribution in [3.05, 3.63) is 35.7 Å². The number of aromatic nitrogens is 1. The molecule has 6 heteroatoms. The molecule has 0 radical (unpaired) electrons. The van der Waals surface area contributed by atoms with Crippen molar-refractivity contribution in [3.8, 4) is 17.2 Å². The molecule has 0 saturated carbocycles. The number of aryl methyl sites for hydroxylation is 1. The van der Waals surface area contributed by atoms with Gasteiger partial charge in [-0.3, -0.25) is 0 Å². The van der Waals surface area contributed by atoms with Crippen LogP contribution in [0.4, 0.5) is 0 Å². The normalized spacial score (nSPS) is 10.5. The number of aliphatic hydroxyl groups excluding tert-OH is 1. The number of benzene rings is 1. The van der Waals surface area contributed by atoms with E-state index in [-0.39, 0.29) is 18.9 Å². The van der Waals surface area contributed by atoms with Crippen molar-refractivity contribution >= 4 is 5.97 Å². The molecule has 0 unspecified atom stereocenters. The van der Waals surface area contributed by atoms with Gasteiger partial charge in [-0.1, -0.05) is 0 Å². The van der Waals surface area contributed by atoms with Gasteiger partial charge >= 0.3 is 5.97 Å². The summed E-state index contributed by atoms with van der Waals surface area (Å²) in [5.74, 6) is 0.995. The number of unbranched alkanes of at least 4 members (excludes halogenated alkanes) is 1. The van der Waals surface area contributed by atoms with Crippen LogP contribution in [0.15, 0.2) is 28.7 Å². The van der Waals surface area contributed by atoms with Gasteiger partial charge in [0.1, 0.15) is 11.5 Å². The third-order valence-corrected chi connectivity index (χ3v) is 3.11. The van der Waals surface area contributed by atoms with E-state index in [0.717, 1.165) is 11.3 Å². The van der Waals surface area contributed by atoms with Crippen LogP contribution in [0, 0.1) is 6.92 Å². The van der Waals surface area contributed by atoms with Crippen LogP contribution in [0.1, 0.15) is 29.1 Å². The molecule has 0 fully saturated rings. The molecule has 2 aromatic rings. The van der Waals surface area contributed by atoms with Crippen LogP contribution < -0.4 is 4.74 Å². The predicted molar refractivity (Wildman–Crippen MR) is 79.8 cm³/mol. The van der Waals surface area contributed by atoms with Gasteiger partial charge in [-0.2, -0.15) is 0 Å². The molecular weight excluding hydrogens is 286 g/mol. The number of rotatable bonds is 7. The van der Waals surface area contributed by atoms with Crippen molar-refractivity contribution in [1.82, 2.24) is 4.98 Å². The highest BCUT2D eigenvalue weighted by Gasteiger charge is 2.19. The molecule has 2 rings (SSSR count). The number of ether oxygens (including phenoxy) is 2. The van der Waals surface area contributed by atoms with Crippen molar-refractivity contribution in [3.63, 3.8) is 0 Å². The van der Waals surface area contributed by atoms with Crippen molar-refractivity contribution < 1.29 is 23.8 Å². The number of esters is 1. The van der Waals surface area contributed by atoms with Gasteiger partial charge in [-0.05, 0) is 44.0 Å². The molecule has 0 amide bonds. The fourth-order valence-electron chi connectivity index (χ4n) is 1.89. The maximum absolute atomic E-state index is 11.9. The molecule has 0 saturated heterocycles. The molecular formula is C16H19NO5. The van der Waals surface area contributed by atoms with Crippen LogP contribution in [0.2, 0.25) is 0 Å². The third kappa shape index (κ3) is 3.85. The number of aliphatic hydroxyl groups is 1. The zero-order chi connectivity index (χ0) is 15.9. The van der Waals surface area contributed by atoms with E-state index >= 15 is 0 Å². The van der Waals surface area contributed by atoms with E-state index < -0.39 is 5.97 Å². The Morgan fingerprint density at radius 1 is 1.27 bits per heavy atom. The Kier molecular flexibility index (Phi) is 5.55. The van der Waals surface area contributed by atoms with Gasteiger partial charge in [0.2, 0.25) is 5.89 Å². The zero-order valence-corrected chi connectivity index (χ0v) is 12.7. The van der Waals surface area contributed by atoms with E-state index in [9.17, 15) is 4.79 Å². The summed E-state index contributed by atoms with van der Waals surface area (Å²) in [6, 6.07) is 7.20. The van der Waals surface area contributed by atoms with Crippen LogP contribution in [-0.4, -0.2) is 36.4 Å². The van der Waals surface area contributed by atoms with E-state index in [1.165, 1.54) is 0 Å². The standard InChI is InChI=1S/C16H19NO5/c1-11-14(16(19)21-10-4-3-9-18)17-15(22-11)12-5-7-13(20-2)8-6-12/h5-8,18H,3-4,9-10H2,1-2H3. The van der Waals surface area contributed by atoms with Gasteiger partial charge in [0.05, 0.1) is 13.7 Å². The molecule has 1 N–H and O–H groups in total. The zero-order valence-electron chi connectivity index (χ0n) is 12.7. The summed E-state index contributed by atoms with van der Waals surface area (Å²) in [7, 11) is 1.59. The number of oxazole rings is 1.